The Labute approximate surface area is 123 Å². The van der Waals surface area contributed by atoms with E-state index in [0.717, 1.165) is 16.9 Å². The van der Waals surface area contributed by atoms with Gasteiger partial charge >= 0.3 is 0 Å². The first-order valence-corrected chi connectivity index (χ1v) is 6.74. The van der Waals surface area contributed by atoms with Crippen LogP contribution in [0, 0.1) is 10.1 Å². The molecule has 0 radical (unpaired) electrons. The van der Waals surface area contributed by atoms with Gasteiger partial charge in [0.2, 0.25) is 0 Å². The first kappa shape index (κ1) is 15.0. The quantitative estimate of drug-likeness (QED) is 0.652. The summed E-state index contributed by atoms with van der Waals surface area (Å²) in [6.45, 7) is 2.35. The van der Waals surface area contributed by atoms with Crippen LogP contribution in [0.3, 0.4) is 0 Å². The molecular weight excluding hydrogens is 268 g/mol. The fourth-order valence-electron chi connectivity index (χ4n) is 2.05. The van der Waals surface area contributed by atoms with Gasteiger partial charge in [0.15, 0.2) is 0 Å². The van der Waals surface area contributed by atoms with Gasteiger partial charge in [0.1, 0.15) is 12.4 Å². The fourth-order valence-corrected chi connectivity index (χ4v) is 2.05. The molecule has 0 amide bonds. The summed E-state index contributed by atoms with van der Waals surface area (Å²) < 4.78 is 5.82. The molecule has 0 aromatic heterocycles. The highest BCUT2D eigenvalue weighted by Gasteiger charge is 2.10. The summed E-state index contributed by atoms with van der Waals surface area (Å²) in [5.74, 6) is 0.783. The highest BCUT2D eigenvalue weighted by Crippen LogP contribution is 2.25. The average molecular weight is 286 g/mol. The maximum Gasteiger partial charge on any atom is 0.269 e. The molecule has 0 spiro atoms. The third-order valence-electron chi connectivity index (χ3n) is 3.33. The van der Waals surface area contributed by atoms with E-state index in [2.05, 4.69) is 12.2 Å². The highest BCUT2D eigenvalue weighted by molar-refractivity contribution is 5.37. The first-order valence-electron chi connectivity index (χ1n) is 6.74. The van der Waals surface area contributed by atoms with Crippen LogP contribution in [0.4, 0.5) is 5.69 Å². The zero-order chi connectivity index (χ0) is 15.2. The van der Waals surface area contributed by atoms with Crippen molar-refractivity contribution in [1.29, 1.82) is 0 Å². The second kappa shape index (κ2) is 6.85. The molecule has 2 aromatic rings. The van der Waals surface area contributed by atoms with Crippen LogP contribution in [0.2, 0.25) is 0 Å². The van der Waals surface area contributed by atoms with Gasteiger partial charge in [-0.3, -0.25) is 10.1 Å². The lowest BCUT2D eigenvalue weighted by atomic mass is 10.1. The third-order valence-corrected chi connectivity index (χ3v) is 3.33. The molecule has 5 nitrogen and oxygen atoms in total. The number of benzene rings is 2. The Morgan fingerprint density at radius 2 is 2.00 bits per heavy atom. The number of ether oxygens (including phenoxy) is 1. The molecule has 0 heterocycles. The van der Waals surface area contributed by atoms with Crippen LogP contribution in [-0.2, 0) is 6.61 Å². The molecule has 110 valence electrons. The number of hydrogen-bond acceptors (Lipinski definition) is 4. The van der Waals surface area contributed by atoms with Crippen molar-refractivity contribution in [2.45, 2.75) is 19.6 Å². The average Bonchev–Trinajstić information content (AvgIpc) is 2.52. The van der Waals surface area contributed by atoms with Gasteiger partial charge in [-0.1, -0.05) is 30.3 Å². The summed E-state index contributed by atoms with van der Waals surface area (Å²) in [4.78, 5) is 10.4. The Hall–Kier alpha value is -2.40. The molecule has 2 aromatic carbocycles. The number of hydrogen-bond donors (Lipinski definition) is 1. The molecule has 0 saturated carbocycles. The van der Waals surface area contributed by atoms with Crippen LogP contribution < -0.4 is 10.1 Å². The van der Waals surface area contributed by atoms with Gasteiger partial charge in [-0.2, -0.15) is 0 Å². The van der Waals surface area contributed by atoms with E-state index >= 15 is 0 Å². The fraction of sp³-hybridized carbons (Fsp3) is 0.250. The predicted octanol–water partition coefficient (Wildman–Crippen LogP) is 3.45. The van der Waals surface area contributed by atoms with Crippen molar-refractivity contribution in [3.63, 3.8) is 0 Å². The van der Waals surface area contributed by atoms with Gasteiger partial charge in [-0.25, -0.2) is 0 Å². The highest BCUT2D eigenvalue weighted by atomic mass is 16.6. The molecule has 0 aliphatic carbocycles. The summed E-state index contributed by atoms with van der Waals surface area (Å²) in [6.07, 6.45) is 0. The second-order valence-corrected chi connectivity index (χ2v) is 4.76. The van der Waals surface area contributed by atoms with Crippen molar-refractivity contribution in [3.8, 4) is 5.75 Å². The van der Waals surface area contributed by atoms with E-state index in [1.165, 1.54) is 12.1 Å². The van der Waals surface area contributed by atoms with Gasteiger partial charge in [0, 0.05) is 23.7 Å². The van der Waals surface area contributed by atoms with Gasteiger partial charge in [0.05, 0.1) is 4.92 Å². The Morgan fingerprint density at radius 3 is 2.71 bits per heavy atom. The minimum absolute atomic E-state index is 0.0768. The van der Waals surface area contributed by atoms with Crippen molar-refractivity contribution in [3.05, 3.63) is 69.8 Å². The summed E-state index contributed by atoms with van der Waals surface area (Å²) in [5, 5.41) is 13.9. The lowest BCUT2D eigenvalue weighted by Crippen LogP contribution is -2.13. The van der Waals surface area contributed by atoms with Crippen molar-refractivity contribution in [1.82, 2.24) is 5.32 Å². The van der Waals surface area contributed by atoms with E-state index in [1.807, 2.05) is 37.4 Å². The van der Waals surface area contributed by atoms with Crippen LogP contribution in [0.5, 0.6) is 5.75 Å². The zero-order valence-corrected chi connectivity index (χ0v) is 12.1. The topological polar surface area (TPSA) is 64.4 Å². The smallest absolute Gasteiger partial charge is 0.269 e. The number of para-hydroxylation sites is 1. The Morgan fingerprint density at radius 1 is 1.24 bits per heavy atom. The van der Waals surface area contributed by atoms with Crippen molar-refractivity contribution in [2.75, 3.05) is 7.05 Å². The Kier molecular flexibility index (Phi) is 4.90. The van der Waals surface area contributed by atoms with Crippen LogP contribution in [0.15, 0.2) is 48.5 Å². The molecule has 0 fully saturated rings. The number of nitro benzene ring substituents is 1. The van der Waals surface area contributed by atoms with Gasteiger partial charge in [-0.05, 0) is 25.6 Å². The van der Waals surface area contributed by atoms with E-state index in [9.17, 15) is 10.1 Å². The minimum Gasteiger partial charge on any atom is -0.489 e. The summed E-state index contributed by atoms with van der Waals surface area (Å²) >= 11 is 0. The molecule has 0 saturated heterocycles. The van der Waals surface area contributed by atoms with Gasteiger partial charge < -0.3 is 10.1 Å². The van der Waals surface area contributed by atoms with Crippen molar-refractivity contribution >= 4 is 5.69 Å². The molecule has 1 unspecified atom stereocenters. The van der Waals surface area contributed by atoms with Gasteiger partial charge in [-0.15, -0.1) is 0 Å². The SMILES string of the molecule is CNC(C)c1ccccc1OCc1cccc([N+](=O)[O-])c1. The second-order valence-electron chi connectivity index (χ2n) is 4.76. The molecular formula is C16H18N2O3. The van der Waals surface area contributed by atoms with Crippen molar-refractivity contribution in [2.24, 2.45) is 0 Å². The largest absolute Gasteiger partial charge is 0.489 e. The van der Waals surface area contributed by atoms with Crippen LogP contribution in [0.25, 0.3) is 0 Å². The van der Waals surface area contributed by atoms with E-state index < -0.39 is 4.92 Å². The van der Waals surface area contributed by atoms with E-state index in [-0.39, 0.29) is 11.7 Å². The number of nitro groups is 1. The normalized spacial score (nSPS) is 11.9. The van der Waals surface area contributed by atoms with Crippen LogP contribution in [0.1, 0.15) is 24.1 Å². The Bertz CT molecular complexity index is 628. The van der Waals surface area contributed by atoms with Crippen LogP contribution >= 0.6 is 0 Å². The molecule has 0 bridgehead atoms. The number of nitrogens with one attached hydrogen (secondary N) is 1. The Balaban J connectivity index is 2.13. The third kappa shape index (κ3) is 3.79. The summed E-state index contributed by atoms with van der Waals surface area (Å²) in [7, 11) is 1.89. The molecule has 1 N–H and O–H groups in total. The van der Waals surface area contributed by atoms with E-state index in [0.29, 0.717) is 6.61 Å². The lowest BCUT2D eigenvalue weighted by Gasteiger charge is -2.16. The molecule has 5 heteroatoms. The molecule has 0 aliphatic heterocycles. The van der Waals surface area contributed by atoms with E-state index in [1.54, 1.807) is 6.07 Å². The standard InChI is InChI=1S/C16H18N2O3/c1-12(17-2)15-8-3-4-9-16(15)21-11-13-6-5-7-14(10-13)18(19)20/h3-10,12,17H,11H2,1-2H3. The maximum atomic E-state index is 10.8. The lowest BCUT2D eigenvalue weighted by molar-refractivity contribution is -0.384. The molecule has 0 aliphatic rings. The number of nitrogens with zero attached hydrogens (tertiary/aromatic N) is 1. The van der Waals surface area contributed by atoms with Crippen molar-refractivity contribution < 1.29 is 9.66 Å². The van der Waals surface area contributed by atoms with Gasteiger partial charge in [0.25, 0.3) is 5.69 Å². The summed E-state index contributed by atoms with van der Waals surface area (Å²) in [5.41, 5.74) is 1.91. The summed E-state index contributed by atoms with van der Waals surface area (Å²) in [6, 6.07) is 14.4. The van der Waals surface area contributed by atoms with Crippen LogP contribution in [-0.4, -0.2) is 12.0 Å². The first-order chi connectivity index (χ1) is 10.1. The minimum atomic E-state index is -0.402. The zero-order valence-electron chi connectivity index (χ0n) is 12.1. The maximum absolute atomic E-state index is 10.8. The number of non-ortho nitro benzene ring substituents is 1. The molecule has 2 rings (SSSR count). The monoisotopic (exact) mass is 286 g/mol. The predicted molar refractivity (Wildman–Crippen MR) is 81.3 cm³/mol. The van der Waals surface area contributed by atoms with E-state index in [4.69, 9.17) is 4.74 Å². The molecule has 21 heavy (non-hydrogen) atoms. The molecule has 1 atom stereocenters. The number of rotatable bonds is 6.